The highest BCUT2D eigenvalue weighted by Crippen LogP contribution is 2.18. The van der Waals surface area contributed by atoms with Crippen LogP contribution in [0.4, 0.5) is 32.1 Å². The second-order valence-corrected chi connectivity index (χ2v) is 6.47. The molecule has 0 aliphatic carbocycles. The Morgan fingerprint density at radius 1 is 0.933 bits per heavy atom. The number of benzene rings is 2. The van der Waals surface area contributed by atoms with E-state index in [0.717, 1.165) is 5.69 Å². The van der Waals surface area contributed by atoms with Gasteiger partial charge < -0.3 is 16.0 Å². The average Bonchev–Trinajstić information content (AvgIpc) is 3.28. The summed E-state index contributed by atoms with van der Waals surface area (Å²) in [5.41, 5.74) is 2.27. The molecule has 2 heterocycles. The monoisotopic (exact) mass is 403 g/mol. The Labute approximate surface area is 171 Å². The molecule has 0 saturated carbocycles. The Morgan fingerprint density at radius 3 is 2.33 bits per heavy atom. The molecular weight excluding hydrogens is 385 g/mol. The zero-order valence-corrected chi connectivity index (χ0v) is 16.0. The topological polar surface area (TPSA) is 96.8 Å². The summed E-state index contributed by atoms with van der Waals surface area (Å²) in [6.07, 6.45) is 3.46. The molecule has 0 atom stereocenters. The highest BCUT2D eigenvalue weighted by atomic mass is 19.1. The van der Waals surface area contributed by atoms with Gasteiger partial charge >= 0.3 is 6.03 Å². The minimum atomic E-state index is -0.459. The van der Waals surface area contributed by atoms with Crippen LogP contribution in [0.5, 0.6) is 0 Å². The van der Waals surface area contributed by atoms with Crippen LogP contribution in [0.3, 0.4) is 0 Å². The van der Waals surface area contributed by atoms with E-state index in [4.69, 9.17) is 0 Å². The molecule has 0 radical (unpaired) electrons. The predicted molar refractivity (Wildman–Crippen MR) is 113 cm³/mol. The number of amides is 2. The Bertz CT molecular complexity index is 1140. The van der Waals surface area contributed by atoms with Gasteiger partial charge in [0.15, 0.2) is 11.6 Å². The maximum atomic E-state index is 13.6. The molecule has 0 aliphatic heterocycles. The first-order valence-corrected chi connectivity index (χ1v) is 9.12. The number of halogens is 1. The molecule has 30 heavy (non-hydrogen) atoms. The van der Waals surface area contributed by atoms with E-state index in [1.807, 2.05) is 6.07 Å². The van der Waals surface area contributed by atoms with E-state index in [-0.39, 0.29) is 5.82 Å². The van der Waals surface area contributed by atoms with Gasteiger partial charge in [0.2, 0.25) is 0 Å². The van der Waals surface area contributed by atoms with Crippen molar-refractivity contribution in [2.75, 3.05) is 16.0 Å². The summed E-state index contributed by atoms with van der Waals surface area (Å²) in [4.78, 5) is 12.1. The fraction of sp³-hybridized carbons (Fsp3) is 0.0476. The number of nitrogens with zero attached hydrogens (tertiary/aromatic N) is 4. The van der Waals surface area contributed by atoms with Crippen molar-refractivity contribution in [3.8, 4) is 5.82 Å². The Morgan fingerprint density at radius 2 is 1.67 bits per heavy atom. The summed E-state index contributed by atoms with van der Waals surface area (Å²) in [6.45, 7) is 1.66. The molecule has 2 aromatic carbocycles. The molecule has 2 amide bonds. The first kappa shape index (κ1) is 19.1. The van der Waals surface area contributed by atoms with E-state index >= 15 is 0 Å². The molecule has 0 saturated heterocycles. The third kappa shape index (κ3) is 4.58. The Kier molecular flexibility index (Phi) is 5.33. The molecule has 0 aliphatic rings. The predicted octanol–water partition coefficient (Wildman–Crippen LogP) is 4.50. The summed E-state index contributed by atoms with van der Waals surface area (Å²) in [5, 5.41) is 20.8. The molecule has 0 unspecified atom stereocenters. The van der Waals surface area contributed by atoms with Crippen molar-refractivity contribution in [2.24, 2.45) is 0 Å². The average molecular weight is 403 g/mol. The second kappa shape index (κ2) is 8.39. The standard InChI is InChI=1S/C21H18FN7O/c1-14-3-4-17(13-18(14)22)26-21(30)25-16-7-5-15(6-8-16)24-19-9-10-20(28-27-19)29-12-2-11-23-29/h2-13H,1H3,(H,24,27)(H2,25,26,30). The van der Waals surface area contributed by atoms with Crippen molar-refractivity contribution in [1.82, 2.24) is 20.0 Å². The summed E-state index contributed by atoms with van der Waals surface area (Å²) in [7, 11) is 0. The molecule has 4 rings (SSSR count). The van der Waals surface area contributed by atoms with Crippen molar-refractivity contribution in [2.45, 2.75) is 6.92 Å². The lowest BCUT2D eigenvalue weighted by Crippen LogP contribution is -2.19. The molecule has 0 spiro atoms. The number of aryl methyl sites for hydroxylation is 1. The number of carbonyl (C=O) groups is 1. The third-order valence-electron chi connectivity index (χ3n) is 4.23. The molecule has 4 aromatic rings. The maximum Gasteiger partial charge on any atom is 0.323 e. The van der Waals surface area contributed by atoms with E-state index in [2.05, 4.69) is 31.2 Å². The number of carbonyl (C=O) groups excluding carboxylic acids is 1. The molecule has 0 bridgehead atoms. The van der Waals surface area contributed by atoms with Crippen LogP contribution >= 0.6 is 0 Å². The van der Waals surface area contributed by atoms with E-state index in [0.29, 0.717) is 28.6 Å². The van der Waals surface area contributed by atoms with Crippen molar-refractivity contribution in [1.29, 1.82) is 0 Å². The van der Waals surface area contributed by atoms with Crippen LogP contribution in [-0.4, -0.2) is 26.0 Å². The largest absolute Gasteiger partial charge is 0.339 e. The molecule has 150 valence electrons. The molecular formula is C21H18FN7O. The minimum Gasteiger partial charge on any atom is -0.339 e. The first-order valence-electron chi connectivity index (χ1n) is 9.12. The van der Waals surface area contributed by atoms with Crippen LogP contribution in [0.25, 0.3) is 5.82 Å². The molecule has 9 heteroatoms. The van der Waals surface area contributed by atoms with Crippen molar-refractivity contribution >= 4 is 28.9 Å². The SMILES string of the molecule is Cc1ccc(NC(=O)Nc2ccc(Nc3ccc(-n4cccn4)nn3)cc2)cc1F. The van der Waals surface area contributed by atoms with Crippen LogP contribution in [0.1, 0.15) is 5.56 Å². The van der Waals surface area contributed by atoms with Gasteiger partial charge in [-0.1, -0.05) is 6.07 Å². The molecule has 0 fully saturated rings. The summed E-state index contributed by atoms with van der Waals surface area (Å²) in [6, 6.07) is 16.5. The first-order chi connectivity index (χ1) is 14.6. The van der Waals surface area contributed by atoms with Crippen molar-refractivity contribution < 1.29 is 9.18 Å². The number of anilines is 4. The Balaban J connectivity index is 1.34. The lowest BCUT2D eigenvalue weighted by molar-refractivity contribution is 0.262. The van der Waals surface area contributed by atoms with Crippen LogP contribution in [0, 0.1) is 12.7 Å². The van der Waals surface area contributed by atoms with Crippen LogP contribution in [0.2, 0.25) is 0 Å². The molecule has 3 N–H and O–H groups in total. The van der Waals surface area contributed by atoms with E-state index in [1.165, 1.54) is 6.07 Å². The van der Waals surface area contributed by atoms with Gasteiger partial charge in [0.05, 0.1) is 0 Å². The van der Waals surface area contributed by atoms with Gasteiger partial charge in [-0.3, -0.25) is 0 Å². The summed E-state index contributed by atoms with van der Waals surface area (Å²) in [5.74, 6) is 0.819. The fourth-order valence-corrected chi connectivity index (χ4v) is 2.67. The fourth-order valence-electron chi connectivity index (χ4n) is 2.67. The molecule has 2 aromatic heterocycles. The van der Waals surface area contributed by atoms with E-state index in [9.17, 15) is 9.18 Å². The van der Waals surface area contributed by atoms with Crippen LogP contribution < -0.4 is 16.0 Å². The highest BCUT2D eigenvalue weighted by molar-refractivity contribution is 5.99. The second-order valence-electron chi connectivity index (χ2n) is 6.47. The lowest BCUT2D eigenvalue weighted by Gasteiger charge is -2.10. The van der Waals surface area contributed by atoms with Gasteiger partial charge in [0.25, 0.3) is 0 Å². The Hall–Kier alpha value is -4.27. The van der Waals surface area contributed by atoms with Crippen LogP contribution in [0.15, 0.2) is 73.1 Å². The van der Waals surface area contributed by atoms with Gasteiger partial charge in [-0.05, 0) is 67.1 Å². The van der Waals surface area contributed by atoms with Crippen LogP contribution in [-0.2, 0) is 0 Å². The lowest BCUT2D eigenvalue weighted by atomic mass is 10.2. The summed E-state index contributed by atoms with van der Waals surface area (Å²) >= 11 is 0. The third-order valence-corrected chi connectivity index (χ3v) is 4.23. The normalized spacial score (nSPS) is 10.5. The van der Waals surface area contributed by atoms with E-state index < -0.39 is 6.03 Å². The van der Waals surface area contributed by atoms with Crippen molar-refractivity contribution in [3.05, 3.63) is 84.4 Å². The number of nitrogens with one attached hydrogen (secondary N) is 3. The number of rotatable bonds is 5. The summed E-state index contributed by atoms with van der Waals surface area (Å²) < 4.78 is 15.2. The van der Waals surface area contributed by atoms with Crippen molar-refractivity contribution in [3.63, 3.8) is 0 Å². The smallest absolute Gasteiger partial charge is 0.323 e. The van der Waals surface area contributed by atoms with Gasteiger partial charge in [0, 0.05) is 29.5 Å². The zero-order valence-electron chi connectivity index (χ0n) is 16.0. The quantitative estimate of drug-likeness (QED) is 0.456. The van der Waals surface area contributed by atoms with Gasteiger partial charge in [-0.25, -0.2) is 13.9 Å². The number of hydrogen-bond acceptors (Lipinski definition) is 5. The van der Waals surface area contributed by atoms with Gasteiger partial charge in [0.1, 0.15) is 5.82 Å². The number of hydrogen-bond donors (Lipinski definition) is 3. The van der Waals surface area contributed by atoms with Gasteiger partial charge in [-0.2, -0.15) is 5.10 Å². The minimum absolute atomic E-state index is 0.371. The van der Waals surface area contributed by atoms with E-state index in [1.54, 1.807) is 72.5 Å². The van der Waals surface area contributed by atoms with Gasteiger partial charge in [-0.15, -0.1) is 10.2 Å². The maximum absolute atomic E-state index is 13.6. The zero-order chi connectivity index (χ0) is 20.9. The number of urea groups is 1. The number of aromatic nitrogens is 4. The molecule has 8 nitrogen and oxygen atoms in total. The highest BCUT2D eigenvalue weighted by Gasteiger charge is 2.06.